The molecule has 0 amide bonds. The second kappa shape index (κ2) is 11.1. The summed E-state index contributed by atoms with van der Waals surface area (Å²) in [6.45, 7) is 14.4. The van der Waals surface area contributed by atoms with E-state index >= 15 is 0 Å². The maximum atomic E-state index is 13.4. The molecule has 0 N–H and O–H groups in total. The number of rotatable bonds is 8. The van der Waals surface area contributed by atoms with Gasteiger partial charge in [0.1, 0.15) is 0 Å². The van der Waals surface area contributed by atoms with E-state index in [1.54, 1.807) is 0 Å². The predicted octanol–water partition coefficient (Wildman–Crippen LogP) is 7.11. The second-order valence-electron chi connectivity index (χ2n) is 11.5. The maximum absolute atomic E-state index is 13.4. The number of aromatic nitrogens is 4. The number of ketones is 1. The van der Waals surface area contributed by atoms with Crippen LogP contribution in [-0.4, -0.2) is 43.6 Å². The van der Waals surface area contributed by atoms with Crippen LogP contribution < -0.4 is 0 Å². The molecule has 0 aliphatic carbocycles. The number of nitrogens with zero attached hydrogens (tertiary/aromatic N) is 4. The highest BCUT2D eigenvalue weighted by molar-refractivity contribution is 7.99. The Hall–Kier alpha value is -3.16. The standard InChI is InChI=1S/C32H38N4O2S/c1-21-9-15-26(16-10-21)36-30(24-11-13-25(14-12-24)32(4,5)6)33-34-31(36)39-20-29(37)28-18-22(2)35(23(28)3)19-27-8-7-17-38-27/h9-16,18,27H,7-8,17,19-20H2,1-6H3/t27-/m1/s1. The van der Waals surface area contributed by atoms with Crippen LogP contribution in [0.3, 0.4) is 0 Å². The van der Waals surface area contributed by atoms with Gasteiger partial charge in [-0.25, -0.2) is 0 Å². The Morgan fingerprint density at radius 1 is 1.03 bits per heavy atom. The van der Waals surface area contributed by atoms with Crippen LogP contribution in [0.1, 0.15) is 66.5 Å². The lowest BCUT2D eigenvalue weighted by Crippen LogP contribution is -2.17. The smallest absolute Gasteiger partial charge is 0.196 e. The van der Waals surface area contributed by atoms with Crippen molar-refractivity contribution in [1.82, 2.24) is 19.3 Å². The van der Waals surface area contributed by atoms with E-state index in [0.29, 0.717) is 5.16 Å². The Bertz CT molecular complexity index is 1450. The molecule has 7 heteroatoms. The average molecular weight is 543 g/mol. The van der Waals surface area contributed by atoms with E-state index in [-0.39, 0.29) is 23.1 Å². The SMILES string of the molecule is Cc1ccc(-n2c(SCC(=O)c3cc(C)n(C[C@H]4CCCO4)c3C)nnc2-c2ccc(C(C)(C)C)cc2)cc1. The summed E-state index contributed by atoms with van der Waals surface area (Å²) in [6, 6.07) is 18.9. The molecule has 1 atom stereocenters. The van der Waals surface area contributed by atoms with Crippen molar-refractivity contribution in [1.29, 1.82) is 0 Å². The zero-order valence-corrected chi connectivity index (χ0v) is 24.6. The van der Waals surface area contributed by atoms with Crippen LogP contribution in [0.15, 0.2) is 59.8 Å². The molecule has 1 aliphatic rings. The molecule has 0 unspecified atom stereocenters. The van der Waals surface area contributed by atoms with Gasteiger partial charge < -0.3 is 9.30 Å². The Morgan fingerprint density at radius 2 is 1.74 bits per heavy atom. The van der Waals surface area contributed by atoms with E-state index in [9.17, 15) is 4.79 Å². The zero-order valence-electron chi connectivity index (χ0n) is 23.8. The molecule has 2 aromatic heterocycles. The summed E-state index contributed by atoms with van der Waals surface area (Å²) < 4.78 is 10.1. The summed E-state index contributed by atoms with van der Waals surface area (Å²) in [6.07, 6.45) is 2.42. The minimum absolute atomic E-state index is 0.0735. The number of aryl methyl sites for hydroxylation is 2. The summed E-state index contributed by atoms with van der Waals surface area (Å²) in [5, 5.41) is 9.83. The molecule has 6 nitrogen and oxygen atoms in total. The highest BCUT2D eigenvalue weighted by atomic mass is 32.2. The third-order valence-corrected chi connectivity index (χ3v) is 8.48. The molecule has 1 aliphatic heterocycles. The first-order valence-electron chi connectivity index (χ1n) is 13.7. The van der Waals surface area contributed by atoms with Crippen molar-refractivity contribution in [3.63, 3.8) is 0 Å². The van der Waals surface area contributed by atoms with Crippen molar-refractivity contribution in [3.05, 3.63) is 82.7 Å². The van der Waals surface area contributed by atoms with Crippen LogP contribution in [0.5, 0.6) is 0 Å². The number of Topliss-reactive ketones (excluding diaryl/α,β-unsaturated/α-hetero) is 1. The van der Waals surface area contributed by atoms with Crippen molar-refractivity contribution in [3.8, 4) is 17.1 Å². The van der Waals surface area contributed by atoms with Crippen molar-refractivity contribution in [2.45, 2.75) is 77.6 Å². The molecule has 0 bridgehead atoms. The topological polar surface area (TPSA) is 61.9 Å². The molecule has 0 spiro atoms. The van der Waals surface area contributed by atoms with Crippen LogP contribution in [0.25, 0.3) is 17.1 Å². The molecule has 0 radical (unpaired) electrons. The minimum Gasteiger partial charge on any atom is -0.376 e. The first-order valence-corrected chi connectivity index (χ1v) is 14.7. The summed E-state index contributed by atoms with van der Waals surface area (Å²) >= 11 is 1.43. The third kappa shape index (κ3) is 5.89. The van der Waals surface area contributed by atoms with Gasteiger partial charge in [-0.15, -0.1) is 10.2 Å². The second-order valence-corrected chi connectivity index (χ2v) is 12.5. The van der Waals surface area contributed by atoms with Gasteiger partial charge in [0.25, 0.3) is 0 Å². The predicted molar refractivity (Wildman–Crippen MR) is 158 cm³/mol. The zero-order chi connectivity index (χ0) is 27.7. The van der Waals surface area contributed by atoms with Gasteiger partial charge in [0.05, 0.1) is 11.9 Å². The summed E-state index contributed by atoms with van der Waals surface area (Å²) in [4.78, 5) is 13.4. The Morgan fingerprint density at radius 3 is 2.38 bits per heavy atom. The van der Waals surface area contributed by atoms with Gasteiger partial charge >= 0.3 is 0 Å². The number of carbonyl (C=O) groups is 1. The van der Waals surface area contributed by atoms with Crippen molar-refractivity contribution >= 4 is 17.5 Å². The van der Waals surface area contributed by atoms with Crippen LogP contribution in [-0.2, 0) is 16.7 Å². The fraction of sp³-hybridized carbons (Fsp3) is 0.406. The summed E-state index contributed by atoms with van der Waals surface area (Å²) in [5.74, 6) is 1.15. The highest BCUT2D eigenvalue weighted by Crippen LogP contribution is 2.31. The van der Waals surface area contributed by atoms with Gasteiger partial charge in [0, 0.05) is 41.4 Å². The number of carbonyl (C=O) groups excluding carboxylic acids is 1. The van der Waals surface area contributed by atoms with Crippen molar-refractivity contribution in [2.75, 3.05) is 12.4 Å². The molecule has 4 aromatic rings. The van der Waals surface area contributed by atoms with Crippen LogP contribution in [0, 0.1) is 20.8 Å². The van der Waals surface area contributed by atoms with Gasteiger partial charge in [-0.2, -0.15) is 0 Å². The van der Waals surface area contributed by atoms with E-state index in [1.807, 2.05) is 13.0 Å². The normalized spacial score (nSPS) is 15.7. The third-order valence-electron chi connectivity index (χ3n) is 7.55. The van der Waals surface area contributed by atoms with Crippen molar-refractivity contribution < 1.29 is 9.53 Å². The monoisotopic (exact) mass is 542 g/mol. The molecule has 2 aromatic carbocycles. The molecule has 0 saturated carbocycles. The fourth-order valence-corrected chi connectivity index (χ4v) is 6.00. The fourth-order valence-electron chi connectivity index (χ4n) is 5.16. The lowest BCUT2D eigenvalue weighted by molar-refractivity contribution is 0.0957. The van der Waals surface area contributed by atoms with Gasteiger partial charge in [0.2, 0.25) is 0 Å². The molecule has 3 heterocycles. The molecular weight excluding hydrogens is 504 g/mol. The first kappa shape index (κ1) is 27.4. The van der Waals surface area contributed by atoms with Gasteiger partial charge in [-0.1, -0.05) is 74.5 Å². The van der Waals surface area contributed by atoms with E-state index in [4.69, 9.17) is 4.74 Å². The average Bonchev–Trinajstić information content (AvgIpc) is 3.64. The number of hydrogen-bond donors (Lipinski definition) is 0. The molecule has 204 valence electrons. The minimum atomic E-state index is 0.0735. The molecule has 39 heavy (non-hydrogen) atoms. The van der Waals surface area contributed by atoms with Crippen molar-refractivity contribution in [2.24, 2.45) is 0 Å². The Kier molecular flexibility index (Phi) is 7.83. The van der Waals surface area contributed by atoms with E-state index in [2.05, 4.69) is 102 Å². The Balaban J connectivity index is 1.41. The van der Waals surface area contributed by atoms with Gasteiger partial charge in [0.15, 0.2) is 16.8 Å². The summed E-state index contributed by atoms with van der Waals surface area (Å²) in [7, 11) is 0. The van der Waals surface area contributed by atoms with E-state index in [1.165, 1.54) is 22.9 Å². The number of benzene rings is 2. The van der Waals surface area contributed by atoms with Crippen LogP contribution in [0.2, 0.25) is 0 Å². The van der Waals surface area contributed by atoms with E-state index < -0.39 is 0 Å². The molecular formula is C32H38N4O2S. The number of hydrogen-bond acceptors (Lipinski definition) is 5. The summed E-state index contributed by atoms with van der Waals surface area (Å²) in [5.41, 5.74) is 7.38. The molecule has 5 rings (SSSR count). The molecule has 1 saturated heterocycles. The van der Waals surface area contributed by atoms with Gasteiger partial charge in [-0.05, 0) is 62.8 Å². The largest absolute Gasteiger partial charge is 0.376 e. The first-order chi connectivity index (χ1) is 18.6. The highest BCUT2D eigenvalue weighted by Gasteiger charge is 2.23. The van der Waals surface area contributed by atoms with E-state index in [0.717, 1.165) is 60.0 Å². The maximum Gasteiger partial charge on any atom is 0.196 e. The van der Waals surface area contributed by atoms with Gasteiger partial charge in [-0.3, -0.25) is 9.36 Å². The van der Waals surface area contributed by atoms with Crippen LogP contribution >= 0.6 is 11.8 Å². The lowest BCUT2D eigenvalue weighted by atomic mass is 9.87. The number of thioether (sulfide) groups is 1. The Labute approximate surface area is 235 Å². The lowest BCUT2D eigenvalue weighted by Gasteiger charge is -2.19. The molecule has 1 fully saturated rings. The van der Waals surface area contributed by atoms with Crippen LogP contribution in [0.4, 0.5) is 0 Å². The quantitative estimate of drug-likeness (QED) is 0.175. The number of ether oxygens (including phenoxy) is 1.